The molecule has 1 rings (SSSR count). The van der Waals surface area contributed by atoms with Crippen molar-refractivity contribution in [2.24, 2.45) is 0 Å². The van der Waals surface area contributed by atoms with Crippen LogP contribution < -0.4 is 5.32 Å². The second-order valence-corrected chi connectivity index (χ2v) is 5.65. The Kier molecular flexibility index (Phi) is 6.45. The maximum absolute atomic E-state index is 5.75. The molecule has 0 aliphatic carbocycles. The van der Waals surface area contributed by atoms with Crippen LogP contribution in [0.1, 0.15) is 47.5 Å². The van der Waals surface area contributed by atoms with Gasteiger partial charge in [-0.1, -0.05) is 20.8 Å². The van der Waals surface area contributed by atoms with Crippen molar-refractivity contribution < 1.29 is 4.74 Å². The molecule has 1 saturated heterocycles. The van der Waals surface area contributed by atoms with Crippen molar-refractivity contribution in [3.63, 3.8) is 0 Å². The minimum atomic E-state index is 0.387. The normalized spacial score (nSPS) is 28.6. The Morgan fingerprint density at radius 3 is 2.65 bits per heavy atom. The topological polar surface area (TPSA) is 24.5 Å². The Bertz CT molecular complexity index is 208. The van der Waals surface area contributed by atoms with E-state index in [1.807, 2.05) is 0 Å². The number of nitrogens with one attached hydrogen (secondary N) is 1. The molecule has 0 aromatic heterocycles. The third-order valence-corrected chi connectivity index (χ3v) is 3.66. The molecule has 0 amide bonds. The van der Waals surface area contributed by atoms with Crippen molar-refractivity contribution in [3.8, 4) is 0 Å². The molecule has 1 heterocycles. The molecule has 1 aliphatic heterocycles. The fraction of sp³-hybridized carbons (Fsp3) is 1.00. The summed E-state index contributed by atoms with van der Waals surface area (Å²) in [6.07, 6.45) is 2.80. The summed E-state index contributed by atoms with van der Waals surface area (Å²) >= 11 is 0. The van der Waals surface area contributed by atoms with Crippen LogP contribution in [-0.4, -0.2) is 48.8 Å². The zero-order chi connectivity index (χ0) is 12.8. The molecule has 3 nitrogen and oxygen atoms in total. The first-order chi connectivity index (χ1) is 8.04. The summed E-state index contributed by atoms with van der Waals surface area (Å²) in [7, 11) is 0. The molecule has 0 aromatic carbocycles. The smallest absolute Gasteiger partial charge is 0.0674 e. The standard InChI is InChI=1S/C14H30N2O/c1-6-14-10-17-13(5)9-16(14)12(4)7-8-15-11(2)3/h11-15H,6-10H2,1-5H3. The molecule has 0 radical (unpaired) electrons. The molecule has 1 N–H and O–H groups in total. The first-order valence-electron chi connectivity index (χ1n) is 7.15. The molecule has 0 bridgehead atoms. The van der Waals surface area contributed by atoms with E-state index >= 15 is 0 Å². The highest BCUT2D eigenvalue weighted by Gasteiger charge is 2.28. The van der Waals surface area contributed by atoms with Crippen LogP contribution in [-0.2, 0) is 4.74 Å². The first-order valence-corrected chi connectivity index (χ1v) is 7.15. The molecule has 0 saturated carbocycles. The highest BCUT2D eigenvalue weighted by Crippen LogP contribution is 2.18. The molecular weight excluding hydrogens is 212 g/mol. The number of ether oxygens (including phenoxy) is 1. The van der Waals surface area contributed by atoms with Gasteiger partial charge >= 0.3 is 0 Å². The molecule has 0 aromatic rings. The van der Waals surface area contributed by atoms with Gasteiger partial charge in [0.15, 0.2) is 0 Å². The molecule has 102 valence electrons. The molecule has 3 heteroatoms. The van der Waals surface area contributed by atoms with E-state index < -0.39 is 0 Å². The third-order valence-electron chi connectivity index (χ3n) is 3.66. The maximum Gasteiger partial charge on any atom is 0.0674 e. The van der Waals surface area contributed by atoms with Crippen LogP contribution in [0.25, 0.3) is 0 Å². The molecule has 3 atom stereocenters. The van der Waals surface area contributed by atoms with Gasteiger partial charge in [-0.25, -0.2) is 0 Å². The summed E-state index contributed by atoms with van der Waals surface area (Å²) in [6.45, 7) is 14.3. The second kappa shape index (κ2) is 7.34. The van der Waals surface area contributed by atoms with Gasteiger partial charge in [0.1, 0.15) is 0 Å². The fourth-order valence-electron chi connectivity index (χ4n) is 2.51. The highest BCUT2D eigenvalue weighted by atomic mass is 16.5. The van der Waals surface area contributed by atoms with Gasteiger partial charge < -0.3 is 10.1 Å². The van der Waals surface area contributed by atoms with Gasteiger partial charge in [0.05, 0.1) is 12.7 Å². The number of nitrogens with zero attached hydrogens (tertiary/aromatic N) is 1. The third kappa shape index (κ3) is 4.94. The van der Waals surface area contributed by atoms with E-state index in [0.717, 1.165) is 19.7 Å². The predicted molar refractivity (Wildman–Crippen MR) is 73.4 cm³/mol. The second-order valence-electron chi connectivity index (χ2n) is 5.65. The minimum absolute atomic E-state index is 0.387. The Hall–Kier alpha value is -0.120. The molecule has 1 fully saturated rings. The summed E-state index contributed by atoms with van der Waals surface area (Å²) in [5, 5.41) is 3.50. The van der Waals surface area contributed by atoms with E-state index in [9.17, 15) is 0 Å². The van der Waals surface area contributed by atoms with Crippen LogP contribution in [0.15, 0.2) is 0 Å². The van der Waals surface area contributed by atoms with E-state index in [4.69, 9.17) is 4.74 Å². The number of hydrogen-bond donors (Lipinski definition) is 1. The lowest BCUT2D eigenvalue weighted by Gasteiger charge is -2.42. The van der Waals surface area contributed by atoms with Crippen molar-refractivity contribution in [2.45, 2.75) is 71.7 Å². The lowest BCUT2D eigenvalue weighted by atomic mass is 10.1. The van der Waals surface area contributed by atoms with Crippen LogP contribution in [0.4, 0.5) is 0 Å². The molecule has 0 spiro atoms. The van der Waals surface area contributed by atoms with Gasteiger partial charge in [-0.3, -0.25) is 4.90 Å². The van der Waals surface area contributed by atoms with E-state index in [0.29, 0.717) is 24.2 Å². The van der Waals surface area contributed by atoms with Crippen LogP contribution in [0, 0.1) is 0 Å². The molecule has 3 unspecified atom stereocenters. The molecule has 1 aliphatic rings. The van der Waals surface area contributed by atoms with Crippen molar-refractivity contribution >= 4 is 0 Å². The zero-order valence-electron chi connectivity index (χ0n) is 12.2. The molecule has 17 heavy (non-hydrogen) atoms. The SMILES string of the molecule is CCC1COC(C)CN1C(C)CCNC(C)C. The van der Waals surface area contributed by atoms with Crippen molar-refractivity contribution in [2.75, 3.05) is 19.7 Å². The summed E-state index contributed by atoms with van der Waals surface area (Å²) < 4.78 is 5.75. The Balaban J connectivity index is 2.38. The molecular formula is C14H30N2O. The summed E-state index contributed by atoms with van der Waals surface area (Å²) in [5.74, 6) is 0. The Morgan fingerprint density at radius 2 is 2.06 bits per heavy atom. The van der Waals surface area contributed by atoms with Crippen LogP contribution in [0.5, 0.6) is 0 Å². The lowest BCUT2D eigenvalue weighted by Crippen LogP contribution is -2.52. The fourth-order valence-corrected chi connectivity index (χ4v) is 2.51. The van der Waals surface area contributed by atoms with Gasteiger partial charge in [-0.05, 0) is 33.2 Å². The quantitative estimate of drug-likeness (QED) is 0.773. The first kappa shape index (κ1) is 14.9. The van der Waals surface area contributed by atoms with E-state index in [1.165, 1.54) is 12.8 Å². The monoisotopic (exact) mass is 242 g/mol. The number of morpholine rings is 1. The number of rotatable bonds is 6. The largest absolute Gasteiger partial charge is 0.376 e. The van der Waals surface area contributed by atoms with Gasteiger partial charge in [0.2, 0.25) is 0 Å². The Labute approximate surface area is 107 Å². The Morgan fingerprint density at radius 1 is 1.35 bits per heavy atom. The van der Waals surface area contributed by atoms with E-state index in [2.05, 4.69) is 44.8 Å². The van der Waals surface area contributed by atoms with Crippen molar-refractivity contribution in [1.29, 1.82) is 0 Å². The maximum atomic E-state index is 5.75. The van der Waals surface area contributed by atoms with Gasteiger partial charge in [-0.15, -0.1) is 0 Å². The van der Waals surface area contributed by atoms with Crippen LogP contribution in [0.3, 0.4) is 0 Å². The van der Waals surface area contributed by atoms with E-state index in [-0.39, 0.29) is 0 Å². The van der Waals surface area contributed by atoms with Gasteiger partial charge in [0.25, 0.3) is 0 Å². The average Bonchev–Trinajstić information content (AvgIpc) is 2.28. The zero-order valence-corrected chi connectivity index (χ0v) is 12.2. The highest BCUT2D eigenvalue weighted by molar-refractivity contribution is 4.82. The van der Waals surface area contributed by atoms with E-state index in [1.54, 1.807) is 0 Å². The van der Waals surface area contributed by atoms with Crippen LogP contribution >= 0.6 is 0 Å². The predicted octanol–water partition coefficient (Wildman–Crippen LogP) is 2.26. The lowest BCUT2D eigenvalue weighted by molar-refractivity contribution is -0.0707. The average molecular weight is 242 g/mol. The van der Waals surface area contributed by atoms with Crippen molar-refractivity contribution in [1.82, 2.24) is 10.2 Å². The van der Waals surface area contributed by atoms with Gasteiger partial charge in [0, 0.05) is 24.7 Å². The van der Waals surface area contributed by atoms with Crippen molar-refractivity contribution in [3.05, 3.63) is 0 Å². The summed E-state index contributed by atoms with van der Waals surface area (Å²) in [5.41, 5.74) is 0. The van der Waals surface area contributed by atoms with Gasteiger partial charge in [-0.2, -0.15) is 0 Å². The number of hydrogen-bond acceptors (Lipinski definition) is 3. The summed E-state index contributed by atoms with van der Waals surface area (Å²) in [6, 6.07) is 1.85. The van der Waals surface area contributed by atoms with Crippen LogP contribution in [0.2, 0.25) is 0 Å². The summed E-state index contributed by atoms with van der Waals surface area (Å²) in [4.78, 5) is 2.64. The minimum Gasteiger partial charge on any atom is -0.376 e.